The van der Waals surface area contributed by atoms with Gasteiger partial charge in [-0.05, 0) is 48.5 Å². The Bertz CT molecular complexity index is 867. The molecule has 0 aliphatic carbocycles. The predicted octanol–water partition coefficient (Wildman–Crippen LogP) is 5.38. The third-order valence-electron chi connectivity index (χ3n) is 3.59. The van der Waals surface area contributed by atoms with Gasteiger partial charge in [-0.3, -0.25) is 19.9 Å². The Labute approximate surface area is 195 Å². The third-order valence-corrected chi connectivity index (χ3v) is 3.59. The number of rotatable bonds is 2. The van der Waals surface area contributed by atoms with Crippen LogP contribution in [0.25, 0.3) is 22.8 Å². The molecule has 0 aliphatic rings. The van der Waals surface area contributed by atoms with Crippen molar-refractivity contribution in [2.24, 2.45) is 0 Å². The summed E-state index contributed by atoms with van der Waals surface area (Å²) in [6, 6.07) is 23.2. The number of aromatic amines is 1. The van der Waals surface area contributed by atoms with Crippen molar-refractivity contribution in [3.63, 3.8) is 0 Å². The molecule has 0 amide bonds. The maximum atomic E-state index is 4.67. The molecular weight excluding hydrogens is 586 g/mol. The molecule has 0 bridgehead atoms. The molecule has 157 valence electrons. The Morgan fingerprint density at radius 2 is 0.871 bits per heavy atom. The molecule has 0 fully saturated rings. The van der Waals surface area contributed by atoms with Crippen LogP contribution in [0.1, 0.15) is 0 Å². The maximum absolute atomic E-state index is 4.67. The SMILES string of the molecule is [Cl][Os].c1c[nH]cn1.c1ccc(-c2ccccn2)nc1.c1ccc(-c2ccccn2)nc1. The first-order valence-corrected chi connectivity index (χ1v) is 12.3. The van der Waals surface area contributed by atoms with Gasteiger partial charge in [-0.25, -0.2) is 4.98 Å². The van der Waals surface area contributed by atoms with Crippen molar-refractivity contribution in [3.05, 3.63) is 116 Å². The molecular formula is C23H20ClN6Os. The van der Waals surface area contributed by atoms with Gasteiger partial charge in [0, 0.05) is 37.2 Å². The number of hydrogen-bond donors (Lipinski definition) is 1. The van der Waals surface area contributed by atoms with Crippen molar-refractivity contribution < 1.29 is 17.6 Å². The maximum Gasteiger partial charge on any atom is 0.0919 e. The second kappa shape index (κ2) is 15.6. The molecule has 5 aromatic rings. The average Bonchev–Trinajstić information content (AvgIpc) is 3.48. The second-order valence-corrected chi connectivity index (χ2v) is 5.62. The van der Waals surface area contributed by atoms with E-state index >= 15 is 0 Å². The molecule has 0 atom stereocenters. The summed E-state index contributed by atoms with van der Waals surface area (Å²) in [6.07, 6.45) is 12.2. The van der Waals surface area contributed by atoms with E-state index in [0.717, 1.165) is 22.8 Å². The van der Waals surface area contributed by atoms with Crippen molar-refractivity contribution in [3.8, 4) is 22.8 Å². The Morgan fingerprint density at radius 3 is 1.03 bits per heavy atom. The molecule has 0 unspecified atom stereocenters. The van der Waals surface area contributed by atoms with Gasteiger partial charge in [0.15, 0.2) is 0 Å². The Balaban J connectivity index is 0.000000170. The van der Waals surface area contributed by atoms with Crippen LogP contribution in [0, 0.1) is 0 Å². The van der Waals surface area contributed by atoms with E-state index in [0.29, 0.717) is 0 Å². The van der Waals surface area contributed by atoms with Crippen LogP contribution in [-0.2, 0) is 17.6 Å². The molecule has 31 heavy (non-hydrogen) atoms. The first-order chi connectivity index (χ1) is 15.4. The minimum atomic E-state index is 0.915. The Morgan fingerprint density at radius 1 is 0.516 bits per heavy atom. The molecule has 1 N–H and O–H groups in total. The number of pyridine rings is 4. The second-order valence-electron chi connectivity index (χ2n) is 5.62. The molecule has 0 aliphatic heterocycles. The fourth-order valence-electron chi connectivity index (χ4n) is 2.27. The summed E-state index contributed by atoms with van der Waals surface area (Å²) in [7, 11) is 4.67. The zero-order valence-electron chi connectivity index (χ0n) is 16.4. The van der Waals surface area contributed by atoms with Gasteiger partial charge in [-0.2, -0.15) is 0 Å². The van der Waals surface area contributed by atoms with Crippen LogP contribution < -0.4 is 0 Å². The van der Waals surface area contributed by atoms with Gasteiger partial charge >= 0.3 is 27.2 Å². The number of nitrogens with one attached hydrogen (secondary N) is 1. The molecule has 0 saturated heterocycles. The smallest absolute Gasteiger partial charge is 0.0919 e. The molecule has 0 radical (unpaired) electrons. The van der Waals surface area contributed by atoms with Gasteiger partial charge in [-0.1, -0.05) is 24.3 Å². The van der Waals surface area contributed by atoms with Gasteiger partial charge < -0.3 is 4.98 Å². The predicted molar refractivity (Wildman–Crippen MR) is 119 cm³/mol. The topological polar surface area (TPSA) is 80.2 Å². The summed E-state index contributed by atoms with van der Waals surface area (Å²) < 4.78 is 0. The summed E-state index contributed by atoms with van der Waals surface area (Å²) in [6.45, 7) is 0. The van der Waals surface area contributed by atoms with E-state index in [2.05, 4.69) is 39.5 Å². The van der Waals surface area contributed by atoms with Crippen molar-refractivity contribution in [2.75, 3.05) is 0 Å². The van der Waals surface area contributed by atoms with E-state index in [4.69, 9.17) is 0 Å². The van der Waals surface area contributed by atoms with E-state index in [1.54, 1.807) is 43.5 Å². The van der Waals surface area contributed by atoms with Crippen molar-refractivity contribution in [2.45, 2.75) is 0 Å². The van der Waals surface area contributed by atoms with Gasteiger partial charge in [0.2, 0.25) is 0 Å². The number of imidazole rings is 1. The largest absolute Gasteiger partial charge is 0.351 e. The van der Waals surface area contributed by atoms with Crippen LogP contribution in [-0.4, -0.2) is 29.9 Å². The third kappa shape index (κ3) is 9.39. The normalized spacial score (nSPS) is 8.97. The van der Waals surface area contributed by atoms with Crippen LogP contribution in [0.15, 0.2) is 116 Å². The summed E-state index contributed by atoms with van der Waals surface area (Å²) in [4.78, 5) is 23.2. The van der Waals surface area contributed by atoms with Crippen LogP contribution in [0.4, 0.5) is 0 Å². The van der Waals surface area contributed by atoms with Crippen LogP contribution in [0.2, 0.25) is 0 Å². The van der Waals surface area contributed by atoms with Crippen LogP contribution in [0.3, 0.4) is 0 Å². The Kier molecular flexibility index (Phi) is 12.1. The number of aromatic nitrogens is 6. The van der Waals surface area contributed by atoms with E-state index < -0.39 is 0 Å². The fraction of sp³-hybridized carbons (Fsp3) is 0. The van der Waals surface area contributed by atoms with Crippen LogP contribution in [0.5, 0.6) is 0 Å². The van der Waals surface area contributed by atoms with Crippen molar-refractivity contribution in [1.29, 1.82) is 0 Å². The molecule has 5 aromatic heterocycles. The first-order valence-electron chi connectivity index (χ1n) is 9.14. The summed E-state index contributed by atoms with van der Waals surface area (Å²) in [5, 5.41) is 0. The monoisotopic (exact) mass is 607 g/mol. The molecule has 5 rings (SSSR count). The van der Waals surface area contributed by atoms with Crippen LogP contribution >= 0.6 is 9.64 Å². The average molecular weight is 606 g/mol. The minimum Gasteiger partial charge on any atom is -0.351 e. The summed E-state index contributed by atoms with van der Waals surface area (Å²) in [5.74, 6) is 0. The van der Waals surface area contributed by atoms with Crippen molar-refractivity contribution in [1.82, 2.24) is 29.9 Å². The van der Waals surface area contributed by atoms with E-state index in [1.807, 2.05) is 72.8 Å². The number of nitrogens with zero attached hydrogens (tertiary/aromatic N) is 5. The van der Waals surface area contributed by atoms with E-state index in [-0.39, 0.29) is 0 Å². The summed E-state index contributed by atoms with van der Waals surface area (Å²) in [5.41, 5.74) is 3.66. The number of hydrogen-bond acceptors (Lipinski definition) is 5. The fourth-order valence-corrected chi connectivity index (χ4v) is 2.27. The van der Waals surface area contributed by atoms with E-state index in [9.17, 15) is 0 Å². The zero-order chi connectivity index (χ0) is 22.0. The van der Waals surface area contributed by atoms with Gasteiger partial charge in [0.1, 0.15) is 0 Å². The van der Waals surface area contributed by atoms with Gasteiger partial charge in [0.25, 0.3) is 0 Å². The standard InChI is InChI=1S/2C10H8N2.C3H4N2.ClH.Os/c2*1-3-7-11-9(5-1)10-6-2-4-8-12-10;1-2-5-3-4-1;;/h2*1-8H;1-3H,(H,4,5);1H;/q;;;;+1/p-1. The van der Waals surface area contributed by atoms with Gasteiger partial charge in [-0.15, -0.1) is 0 Å². The molecule has 5 heterocycles. The molecule has 0 aromatic carbocycles. The molecule has 6 nitrogen and oxygen atoms in total. The Hall–Kier alpha value is -3.26. The minimum absolute atomic E-state index is 0.915. The van der Waals surface area contributed by atoms with Gasteiger partial charge in [0.05, 0.1) is 29.1 Å². The first kappa shape index (κ1) is 24.0. The zero-order valence-corrected chi connectivity index (χ0v) is 19.7. The molecule has 0 spiro atoms. The number of H-pyrrole nitrogens is 1. The van der Waals surface area contributed by atoms with Crippen molar-refractivity contribution >= 4 is 9.64 Å². The summed E-state index contributed by atoms with van der Waals surface area (Å²) >= 11 is 1.33. The number of halogens is 1. The molecule has 0 saturated carbocycles. The molecule has 8 heteroatoms. The quantitative estimate of drug-likeness (QED) is 0.292. The van der Waals surface area contributed by atoms with E-state index in [1.165, 1.54) is 17.6 Å².